The van der Waals surface area contributed by atoms with Crippen LogP contribution in [0.2, 0.25) is 0 Å². The number of fused-ring (bicyclic) bond motifs is 1. The first-order valence-electron chi connectivity index (χ1n) is 8.05. The lowest BCUT2D eigenvalue weighted by Crippen LogP contribution is -2.22. The van der Waals surface area contributed by atoms with Crippen LogP contribution in [0.25, 0.3) is 5.65 Å². The standard InChI is InChI=1S/C16H23N5/c1-10-9-18-21-15(19-13-5-4-12(17)7-13)8-14(20-16(10)21)6-11-2-3-11/h8-9,11-13,19H,2-7,17H2,1H3/t12-,13-/m0/s1. The molecule has 2 heterocycles. The van der Waals surface area contributed by atoms with Crippen LogP contribution in [-0.4, -0.2) is 26.7 Å². The van der Waals surface area contributed by atoms with Gasteiger partial charge in [0.05, 0.1) is 6.20 Å². The summed E-state index contributed by atoms with van der Waals surface area (Å²) < 4.78 is 1.94. The Morgan fingerprint density at radius 3 is 2.90 bits per heavy atom. The average Bonchev–Trinajstić information content (AvgIpc) is 3.06. The fourth-order valence-corrected chi connectivity index (χ4v) is 3.30. The van der Waals surface area contributed by atoms with Crippen LogP contribution in [0.1, 0.15) is 43.4 Å². The summed E-state index contributed by atoms with van der Waals surface area (Å²) in [4.78, 5) is 4.80. The van der Waals surface area contributed by atoms with Gasteiger partial charge >= 0.3 is 0 Å². The number of anilines is 1. The van der Waals surface area contributed by atoms with Crippen LogP contribution < -0.4 is 11.1 Å². The molecule has 0 bridgehead atoms. The van der Waals surface area contributed by atoms with Crippen molar-refractivity contribution in [2.75, 3.05) is 5.32 Å². The predicted molar refractivity (Wildman–Crippen MR) is 83.4 cm³/mol. The van der Waals surface area contributed by atoms with Crippen molar-refractivity contribution in [2.24, 2.45) is 11.7 Å². The zero-order valence-electron chi connectivity index (χ0n) is 12.5. The highest BCUT2D eigenvalue weighted by molar-refractivity contribution is 5.54. The van der Waals surface area contributed by atoms with E-state index in [-0.39, 0.29) is 0 Å². The lowest BCUT2D eigenvalue weighted by atomic mass is 10.2. The molecule has 3 N–H and O–H groups in total. The van der Waals surface area contributed by atoms with Crippen LogP contribution >= 0.6 is 0 Å². The van der Waals surface area contributed by atoms with E-state index >= 15 is 0 Å². The van der Waals surface area contributed by atoms with Crippen LogP contribution in [0.4, 0.5) is 5.82 Å². The molecule has 2 aromatic rings. The zero-order chi connectivity index (χ0) is 14.4. The summed E-state index contributed by atoms with van der Waals surface area (Å²) in [6, 6.07) is 2.98. The highest BCUT2D eigenvalue weighted by Gasteiger charge is 2.25. The van der Waals surface area contributed by atoms with E-state index in [1.807, 2.05) is 10.7 Å². The van der Waals surface area contributed by atoms with Crippen molar-refractivity contribution in [2.45, 2.75) is 57.5 Å². The minimum absolute atomic E-state index is 0.338. The summed E-state index contributed by atoms with van der Waals surface area (Å²) in [6.07, 6.45) is 9.00. The molecule has 2 fully saturated rings. The highest BCUT2D eigenvalue weighted by Crippen LogP contribution is 2.33. The zero-order valence-corrected chi connectivity index (χ0v) is 12.5. The Morgan fingerprint density at radius 2 is 2.19 bits per heavy atom. The predicted octanol–water partition coefficient (Wildman–Crippen LogP) is 2.28. The number of aryl methyl sites for hydroxylation is 1. The van der Waals surface area contributed by atoms with Crippen LogP contribution in [0.5, 0.6) is 0 Å². The molecule has 2 aromatic heterocycles. The molecular formula is C16H23N5. The van der Waals surface area contributed by atoms with Crippen molar-refractivity contribution >= 4 is 11.5 Å². The van der Waals surface area contributed by atoms with E-state index in [1.165, 1.54) is 18.5 Å². The highest BCUT2D eigenvalue weighted by atomic mass is 15.3. The van der Waals surface area contributed by atoms with Crippen molar-refractivity contribution in [3.8, 4) is 0 Å². The molecule has 4 rings (SSSR count). The SMILES string of the molecule is Cc1cnn2c(N[C@H]3CC[C@H](N)C3)cc(CC3CC3)nc12. The minimum atomic E-state index is 0.338. The van der Waals surface area contributed by atoms with Crippen molar-refractivity contribution in [1.29, 1.82) is 0 Å². The van der Waals surface area contributed by atoms with Crippen LogP contribution in [0.3, 0.4) is 0 Å². The van der Waals surface area contributed by atoms with Crippen LogP contribution in [0.15, 0.2) is 12.3 Å². The van der Waals surface area contributed by atoms with E-state index in [0.29, 0.717) is 12.1 Å². The maximum absolute atomic E-state index is 6.02. The maximum Gasteiger partial charge on any atom is 0.160 e. The van der Waals surface area contributed by atoms with Gasteiger partial charge in [-0.15, -0.1) is 0 Å². The smallest absolute Gasteiger partial charge is 0.160 e. The molecule has 2 aliphatic carbocycles. The second kappa shape index (κ2) is 4.98. The Morgan fingerprint density at radius 1 is 1.33 bits per heavy atom. The number of nitrogens with one attached hydrogen (secondary N) is 1. The number of hydrogen-bond acceptors (Lipinski definition) is 4. The molecule has 0 spiro atoms. The fourth-order valence-electron chi connectivity index (χ4n) is 3.30. The number of rotatable bonds is 4. The van der Waals surface area contributed by atoms with Gasteiger partial charge in [-0.05, 0) is 51.4 Å². The second-order valence-electron chi connectivity index (χ2n) is 6.76. The minimum Gasteiger partial charge on any atom is -0.367 e. The van der Waals surface area contributed by atoms with E-state index in [1.54, 1.807) is 0 Å². The second-order valence-corrected chi connectivity index (χ2v) is 6.76. The number of nitrogens with zero attached hydrogens (tertiary/aromatic N) is 3. The third-order valence-corrected chi connectivity index (χ3v) is 4.72. The molecular weight excluding hydrogens is 262 g/mol. The summed E-state index contributed by atoms with van der Waals surface area (Å²) in [7, 11) is 0. The van der Waals surface area contributed by atoms with Gasteiger partial charge in [0.2, 0.25) is 0 Å². The summed E-state index contributed by atoms with van der Waals surface area (Å²) in [5, 5.41) is 8.12. The fraction of sp³-hybridized carbons (Fsp3) is 0.625. The van der Waals surface area contributed by atoms with E-state index in [0.717, 1.165) is 48.6 Å². The number of nitrogens with two attached hydrogens (primary N) is 1. The first kappa shape index (κ1) is 13.1. The van der Waals surface area contributed by atoms with E-state index in [4.69, 9.17) is 10.7 Å². The lowest BCUT2D eigenvalue weighted by Gasteiger charge is -2.16. The summed E-state index contributed by atoms with van der Waals surface area (Å²) >= 11 is 0. The molecule has 2 saturated carbocycles. The normalized spacial score (nSPS) is 25.6. The van der Waals surface area contributed by atoms with Crippen molar-refractivity contribution < 1.29 is 0 Å². The van der Waals surface area contributed by atoms with Crippen LogP contribution in [-0.2, 0) is 6.42 Å². The van der Waals surface area contributed by atoms with Gasteiger partial charge in [-0.3, -0.25) is 0 Å². The van der Waals surface area contributed by atoms with Crippen LogP contribution in [0, 0.1) is 12.8 Å². The molecule has 21 heavy (non-hydrogen) atoms. The lowest BCUT2D eigenvalue weighted by molar-refractivity contribution is 0.683. The van der Waals surface area contributed by atoms with Gasteiger partial charge in [0.15, 0.2) is 5.65 Å². The molecule has 0 radical (unpaired) electrons. The largest absolute Gasteiger partial charge is 0.367 e. The first-order chi connectivity index (χ1) is 10.2. The Kier molecular flexibility index (Phi) is 3.10. The molecule has 0 amide bonds. The average molecular weight is 285 g/mol. The molecule has 2 aliphatic rings. The van der Waals surface area contributed by atoms with Crippen molar-refractivity contribution in [3.63, 3.8) is 0 Å². The van der Waals surface area contributed by atoms with E-state index in [2.05, 4.69) is 23.4 Å². The monoisotopic (exact) mass is 285 g/mol. The Labute approximate surface area is 124 Å². The van der Waals surface area contributed by atoms with Crippen molar-refractivity contribution in [1.82, 2.24) is 14.6 Å². The van der Waals surface area contributed by atoms with Gasteiger partial charge in [0, 0.05) is 29.4 Å². The van der Waals surface area contributed by atoms with Gasteiger partial charge in [-0.2, -0.15) is 9.61 Å². The maximum atomic E-state index is 6.02. The van der Waals surface area contributed by atoms with Crippen molar-refractivity contribution in [3.05, 3.63) is 23.5 Å². The molecule has 0 unspecified atom stereocenters. The molecule has 0 aliphatic heterocycles. The Balaban J connectivity index is 1.67. The first-order valence-corrected chi connectivity index (χ1v) is 8.05. The van der Waals surface area contributed by atoms with Gasteiger partial charge in [-0.1, -0.05) is 0 Å². The summed E-state index contributed by atoms with van der Waals surface area (Å²) in [6.45, 7) is 2.07. The number of hydrogen-bond donors (Lipinski definition) is 2. The Bertz CT molecular complexity index is 658. The Hall–Kier alpha value is -1.62. The number of aromatic nitrogens is 3. The van der Waals surface area contributed by atoms with E-state index in [9.17, 15) is 0 Å². The summed E-state index contributed by atoms with van der Waals surface area (Å²) in [5.74, 6) is 1.92. The van der Waals surface area contributed by atoms with Gasteiger partial charge in [0.25, 0.3) is 0 Å². The summed E-state index contributed by atoms with van der Waals surface area (Å²) in [5.41, 5.74) is 9.34. The third kappa shape index (κ3) is 2.62. The molecule has 0 saturated heterocycles. The van der Waals surface area contributed by atoms with Gasteiger partial charge in [0.1, 0.15) is 5.82 Å². The van der Waals surface area contributed by atoms with Gasteiger partial charge < -0.3 is 11.1 Å². The molecule has 112 valence electrons. The topological polar surface area (TPSA) is 68.2 Å². The quantitative estimate of drug-likeness (QED) is 0.904. The molecule has 5 heteroatoms. The van der Waals surface area contributed by atoms with Gasteiger partial charge in [-0.25, -0.2) is 4.98 Å². The molecule has 2 atom stereocenters. The third-order valence-electron chi connectivity index (χ3n) is 4.72. The van der Waals surface area contributed by atoms with E-state index < -0.39 is 0 Å². The molecule has 5 nitrogen and oxygen atoms in total. The molecule has 0 aromatic carbocycles.